The lowest BCUT2D eigenvalue weighted by Crippen LogP contribution is -2.04. The number of benzene rings is 1. The van der Waals surface area contributed by atoms with E-state index in [1.165, 1.54) is 0 Å². The van der Waals surface area contributed by atoms with Crippen LogP contribution in [0.5, 0.6) is 5.75 Å². The second-order valence-corrected chi connectivity index (χ2v) is 4.34. The number of anilines is 1. The second-order valence-electron chi connectivity index (χ2n) is 4.34. The van der Waals surface area contributed by atoms with Gasteiger partial charge in [0.05, 0.1) is 17.9 Å². The highest BCUT2D eigenvalue weighted by Crippen LogP contribution is 2.25. The van der Waals surface area contributed by atoms with Gasteiger partial charge in [-0.3, -0.25) is 4.79 Å². The van der Waals surface area contributed by atoms with Gasteiger partial charge in [0.25, 0.3) is 0 Å². The average molecular weight is 259 g/mol. The summed E-state index contributed by atoms with van der Waals surface area (Å²) in [7, 11) is 0. The molecule has 2 N–H and O–H groups in total. The molecule has 19 heavy (non-hydrogen) atoms. The molecule has 4 nitrogen and oxygen atoms in total. The molecule has 0 fully saturated rings. The molecule has 0 unspecified atom stereocenters. The third kappa shape index (κ3) is 2.62. The number of ether oxygens (including phenoxy) is 1. The Morgan fingerprint density at radius 3 is 2.58 bits per heavy atom. The van der Waals surface area contributed by atoms with Gasteiger partial charge in [0, 0.05) is 5.56 Å². The lowest BCUT2D eigenvalue weighted by Gasteiger charge is -2.08. The largest absolute Gasteiger partial charge is 0.492 e. The molecule has 100 valence electrons. The van der Waals surface area contributed by atoms with Crippen LogP contribution >= 0.6 is 0 Å². The van der Waals surface area contributed by atoms with Crippen LogP contribution in [0.25, 0.3) is 0 Å². The fourth-order valence-electron chi connectivity index (χ4n) is 1.99. The standard InChI is InChI=1S/C15H17NO3/c1-4-18-14-6-5-11(8-13(14)16)15(17)12-7-9(2)19-10(12)3/h5-8H,4,16H2,1-3H3. The Morgan fingerprint density at radius 2 is 2.05 bits per heavy atom. The summed E-state index contributed by atoms with van der Waals surface area (Å²) in [6, 6.07) is 6.80. The van der Waals surface area contributed by atoms with Gasteiger partial charge in [0.1, 0.15) is 17.3 Å². The summed E-state index contributed by atoms with van der Waals surface area (Å²) in [5, 5.41) is 0. The maximum atomic E-state index is 12.3. The van der Waals surface area contributed by atoms with Crippen molar-refractivity contribution in [3.8, 4) is 5.75 Å². The molecule has 0 amide bonds. The van der Waals surface area contributed by atoms with Crippen molar-refractivity contribution in [3.63, 3.8) is 0 Å². The number of nitrogens with two attached hydrogens (primary N) is 1. The van der Waals surface area contributed by atoms with Crippen LogP contribution in [0.4, 0.5) is 5.69 Å². The Balaban J connectivity index is 2.34. The summed E-state index contributed by atoms with van der Waals surface area (Å²) in [4.78, 5) is 12.3. The lowest BCUT2D eigenvalue weighted by molar-refractivity contribution is 0.103. The minimum Gasteiger partial charge on any atom is -0.492 e. The molecule has 0 aliphatic rings. The van der Waals surface area contributed by atoms with Crippen molar-refractivity contribution in [2.24, 2.45) is 0 Å². The zero-order valence-electron chi connectivity index (χ0n) is 11.3. The first-order valence-corrected chi connectivity index (χ1v) is 6.17. The molecule has 0 aliphatic carbocycles. The molecule has 0 spiro atoms. The van der Waals surface area contributed by atoms with Crippen molar-refractivity contribution in [1.29, 1.82) is 0 Å². The molecular formula is C15H17NO3. The van der Waals surface area contributed by atoms with Crippen LogP contribution in [0.2, 0.25) is 0 Å². The van der Waals surface area contributed by atoms with Crippen LogP contribution in [-0.4, -0.2) is 12.4 Å². The van der Waals surface area contributed by atoms with Gasteiger partial charge in [-0.05, 0) is 45.0 Å². The summed E-state index contributed by atoms with van der Waals surface area (Å²) in [6.45, 7) is 6.02. The number of ketones is 1. The molecule has 0 radical (unpaired) electrons. The Hall–Kier alpha value is -2.23. The molecule has 0 saturated carbocycles. The van der Waals surface area contributed by atoms with E-state index in [0.717, 1.165) is 5.76 Å². The number of rotatable bonds is 4. The smallest absolute Gasteiger partial charge is 0.196 e. The van der Waals surface area contributed by atoms with Crippen molar-refractivity contribution in [2.75, 3.05) is 12.3 Å². The van der Waals surface area contributed by atoms with Crippen LogP contribution < -0.4 is 10.5 Å². The number of furan rings is 1. The minimum absolute atomic E-state index is 0.0934. The monoisotopic (exact) mass is 259 g/mol. The molecule has 1 aromatic heterocycles. The summed E-state index contributed by atoms with van der Waals surface area (Å²) >= 11 is 0. The topological polar surface area (TPSA) is 65.5 Å². The zero-order chi connectivity index (χ0) is 14.0. The molecule has 0 saturated heterocycles. The zero-order valence-corrected chi connectivity index (χ0v) is 11.3. The molecule has 0 atom stereocenters. The normalized spacial score (nSPS) is 10.5. The van der Waals surface area contributed by atoms with E-state index in [2.05, 4.69) is 0 Å². The summed E-state index contributed by atoms with van der Waals surface area (Å²) in [5.74, 6) is 1.85. The van der Waals surface area contributed by atoms with Crippen LogP contribution in [0.15, 0.2) is 28.7 Å². The lowest BCUT2D eigenvalue weighted by atomic mass is 10.0. The van der Waals surface area contributed by atoms with Gasteiger partial charge >= 0.3 is 0 Å². The molecule has 1 heterocycles. The molecule has 1 aromatic carbocycles. The fourth-order valence-corrected chi connectivity index (χ4v) is 1.99. The van der Waals surface area contributed by atoms with E-state index in [9.17, 15) is 4.79 Å². The Bertz CT molecular complexity index is 614. The van der Waals surface area contributed by atoms with Crippen LogP contribution in [0.1, 0.15) is 34.4 Å². The molecule has 4 heteroatoms. The van der Waals surface area contributed by atoms with Crippen LogP contribution in [-0.2, 0) is 0 Å². The number of nitrogen functional groups attached to an aromatic ring is 1. The van der Waals surface area contributed by atoms with Gasteiger partial charge < -0.3 is 14.9 Å². The van der Waals surface area contributed by atoms with Gasteiger partial charge in [0.2, 0.25) is 0 Å². The number of carbonyl (C=O) groups is 1. The average Bonchev–Trinajstić information content (AvgIpc) is 2.70. The van der Waals surface area contributed by atoms with Crippen LogP contribution in [0, 0.1) is 13.8 Å². The number of carbonyl (C=O) groups excluding carboxylic acids is 1. The first kappa shape index (κ1) is 13.2. The number of aryl methyl sites for hydroxylation is 2. The van der Waals surface area contributed by atoms with E-state index in [1.54, 1.807) is 31.2 Å². The van der Waals surface area contributed by atoms with Gasteiger partial charge in [-0.25, -0.2) is 0 Å². The van der Waals surface area contributed by atoms with Crippen molar-refractivity contribution >= 4 is 11.5 Å². The van der Waals surface area contributed by atoms with Crippen molar-refractivity contribution < 1.29 is 13.9 Å². The van der Waals surface area contributed by atoms with Crippen molar-refractivity contribution in [2.45, 2.75) is 20.8 Å². The van der Waals surface area contributed by atoms with E-state index >= 15 is 0 Å². The number of hydrogen-bond donors (Lipinski definition) is 1. The molecule has 0 aliphatic heterocycles. The van der Waals surface area contributed by atoms with E-state index in [4.69, 9.17) is 14.9 Å². The Labute approximate surface area is 112 Å². The minimum atomic E-state index is -0.0934. The highest BCUT2D eigenvalue weighted by atomic mass is 16.5. The molecule has 2 aromatic rings. The first-order valence-electron chi connectivity index (χ1n) is 6.17. The van der Waals surface area contributed by atoms with E-state index < -0.39 is 0 Å². The van der Waals surface area contributed by atoms with Gasteiger partial charge in [0.15, 0.2) is 5.78 Å². The van der Waals surface area contributed by atoms with E-state index in [1.807, 2.05) is 13.8 Å². The van der Waals surface area contributed by atoms with Crippen LogP contribution in [0.3, 0.4) is 0 Å². The predicted octanol–water partition coefficient (Wildman–Crippen LogP) is 3.11. The van der Waals surface area contributed by atoms with Gasteiger partial charge in [-0.15, -0.1) is 0 Å². The first-order chi connectivity index (χ1) is 9.02. The maximum Gasteiger partial charge on any atom is 0.196 e. The molecule has 0 bridgehead atoms. The Morgan fingerprint density at radius 1 is 1.32 bits per heavy atom. The van der Waals surface area contributed by atoms with E-state index in [-0.39, 0.29) is 5.78 Å². The maximum absolute atomic E-state index is 12.3. The van der Waals surface area contributed by atoms with Gasteiger partial charge in [-0.2, -0.15) is 0 Å². The van der Waals surface area contributed by atoms with Crippen molar-refractivity contribution in [1.82, 2.24) is 0 Å². The predicted molar refractivity (Wildman–Crippen MR) is 73.6 cm³/mol. The van der Waals surface area contributed by atoms with Crippen molar-refractivity contribution in [3.05, 3.63) is 46.9 Å². The van der Waals surface area contributed by atoms with E-state index in [0.29, 0.717) is 34.9 Å². The molecule has 2 rings (SSSR count). The Kier molecular flexibility index (Phi) is 3.60. The summed E-state index contributed by atoms with van der Waals surface area (Å²) in [5.41, 5.74) is 7.43. The second kappa shape index (κ2) is 5.18. The fraction of sp³-hybridized carbons (Fsp3) is 0.267. The summed E-state index contributed by atoms with van der Waals surface area (Å²) in [6.07, 6.45) is 0. The third-order valence-electron chi connectivity index (χ3n) is 2.86. The third-order valence-corrected chi connectivity index (χ3v) is 2.86. The highest BCUT2D eigenvalue weighted by molar-refractivity contribution is 6.10. The SMILES string of the molecule is CCOc1ccc(C(=O)c2cc(C)oc2C)cc1N. The molecular weight excluding hydrogens is 242 g/mol. The quantitative estimate of drug-likeness (QED) is 0.676. The van der Waals surface area contributed by atoms with Gasteiger partial charge in [-0.1, -0.05) is 0 Å². The highest BCUT2D eigenvalue weighted by Gasteiger charge is 2.16. The number of hydrogen-bond acceptors (Lipinski definition) is 4. The summed E-state index contributed by atoms with van der Waals surface area (Å²) < 4.78 is 10.7.